The normalized spacial score (nSPS) is 26.5. The standard InChI is InChI=1S/C15H25N3O3/c1-4-18(10-12(3)9-16)14(21)17-15(13(19)20)7-5-6-11(2)8-15/h11-12H,4-8,10H2,1-3H3,(H,17,21)(H,19,20). The van der Waals surface area contributed by atoms with E-state index in [4.69, 9.17) is 5.26 Å². The summed E-state index contributed by atoms with van der Waals surface area (Å²) in [5.41, 5.74) is -1.17. The average Bonchev–Trinajstić information content (AvgIpc) is 2.43. The lowest BCUT2D eigenvalue weighted by atomic mass is 9.76. The zero-order valence-corrected chi connectivity index (χ0v) is 13.1. The molecule has 0 bridgehead atoms. The van der Waals surface area contributed by atoms with Gasteiger partial charge >= 0.3 is 12.0 Å². The highest BCUT2D eigenvalue weighted by molar-refractivity contribution is 5.86. The highest BCUT2D eigenvalue weighted by Crippen LogP contribution is 2.32. The number of hydrogen-bond acceptors (Lipinski definition) is 3. The molecule has 0 saturated heterocycles. The minimum atomic E-state index is -1.17. The maximum Gasteiger partial charge on any atom is 0.329 e. The molecule has 0 aliphatic heterocycles. The van der Waals surface area contributed by atoms with Gasteiger partial charge < -0.3 is 15.3 Å². The summed E-state index contributed by atoms with van der Waals surface area (Å²) in [5, 5.41) is 21.1. The van der Waals surface area contributed by atoms with Gasteiger partial charge in [0.15, 0.2) is 0 Å². The monoisotopic (exact) mass is 295 g/mol. The van der Waals surface area contributed by atoms with E-state index in [9.17, 15) is 14.7 Å². The summed E-state index contributed by atoms with van der Waals surface area (Å²) >= 11 is 0. The van der Waals surface area contributed by atoms with E-state index in [0.29, 0.717) is 25.9 Å². The highest BCUT2D eigenvalue weighted by atomic mass is 16.4. The molecule has 2 N–H and O–H groups in total. The predicted octanol–water partition coefficient (Wildman–Crippen LogP) is 2.21. The Bertz CT molecular complexity index is 432. The zero-order valence-electron chi connectivity index (χ0n) is 13.1. The van der Waals surface area contributed by atoms with E-state index < -0.39 is 17.5 Å². The molecule has 118 valence electrons. The number of carbonyl (C=O) groups is 2. The van der Waals surface area contributed by atoms with Gasteiger partial charge in [0.2, 0.25) is 0 Å². The van der Waals surface area contributed by atoms with Crippen LogP contribution < -0.4 is 5.32 Å². The van der Waals surface area contributed by atoms with Gasteiger partial charge in [0, 0.05) is 13.1 Å². The van der Waals surface area contributed by atoms with Crippen LogP contribution in [0.1, 0.15) is 46.5 Å². The Hall–Kier alpha value is -1.77. The Morgan fingerprint density at radius 3 is 2.71 bits per heavy atom. The fourth-order valence-electron chi connectivity index (χ4n) is 2.92. The summed E-state index contributed by atoms with van der Waals surface area (Å²) in [6.45, 7) is 6.33. The van der Waals surface area contributed by atoms with E-state index in [1.54, 1.807) is 6.92 Å². The van der Waals surface area contributed by atoms with Crippen LogP contribution in [0.15, 0.2) is 0 Å². The smallest absolute Gasteiger partial charge is 0.329 e. The maximum absolute atomic E-state index is 12.4. The topological polar surface area (TPSA) is 93.4 Å². The molecule has 21 heavy (non-hydrogen) atoms. The van der Waals surface area contributed by atoms with Crippen molar-refractivity contribution in [2.24, 2.45) is 11.8 Å². The van der Waals surface area contributed by atoms with E-state index in [0.717, 1.165) is 12.8 Å². The van der Waals surface area contributed by atoms with E-state index >= 15 is 0 Å². The highest BCUT2D eigenvalue weighted by Gasteiger charge is 2.43. The molecule has 0 aromatic heterocycles. The lowest BCUT2D eigenvalue weighted by Gasteiger charge is -2.38. The molecule has 0 heterocycles. The van der Waals surface area contributed by atoms with Crippen molar-refractivity contribution in [2.45, 2.75) is 52.0 Å². The minimum Gasteiger partial charge on any atom is -0.480 e. The number of aliphatic carboxylic acids is 1. The Balaban J connectivity index is 2.81. The molecular weight excluding hydrogens is 270 g/mol. The fraction of sp³-hybridized carbons (Fsp3) is 0.800. The molecular formula is C15H25N3O3. The second-order valence-corrected chi connectivity index (χ2v) is 6.09. The molecule has 1 aliphatic rings. The van der Waals surface area contributed by atoms with Gasteiger partial charge in [-0.15, -0.1) is 0 Å². The zero-order chi connectivity index (χ0) is 16.0. The second-order valence-electron chi connectivity index (χ2n) is 6.09. The summed E-state index contributed by atoms with van der Waals surface area (Å²) in [6.07, 6.45) is 2.71. The van der Waals surface area contributed by atoms with Crippen LogP contribution in [0.4, 0.5) is 4.79 Å². The number of carboxylic acid groups (broad SMARTS) is 1. The summed E-state index contributed by atoms with van der Waals surface area (Å²) in [4.78, 5) is 25.5. The molecule has 3 atom stereocenters. The first-order chi connectivity index (χ1) is 9.84. The summed E-state index contributed by atoms with van der Waals surface area (Å²) in [6, 6.07) is 1.70. The number of hydrogen-bond donors (Lipinski definition) is 2. The fourth-order valence-corrected chi connectivity index (χ4v) is 2.92. The van der Waals surface area contributed by atoms with Crippen molar-refractivity contribution in [3.05, 3.63) is 0 Å². The van der Waals surface area contributed by atoms with Gasteiger partial charge in [-0.05, 0) is 32.6 Å². The number of carbonyl (C=O) groups excluding carboxylic acids is 1. The van der Waals surface area contributed by atoms with Gasteiger partial charge in [-0.3, -0.25) is 0 Å². The molecule has 0 radical (unpaired) electrons. The molecule has 0 aromatic carbocycles. The van der Waals surface area contributed by atoms with Gasteiger partial charge in [0.05, 0.1) is 12.0 Å². The van der Waals surface area contributed by atoms with Crippen LogP contribution in [-0.4, -0.2) is 40.6 Å². The number of nitrogens with zero attached hydrogens (tertiary/aromatic N) is 2. The average molecular weight is 295 g/mol. The number of carboxylic acids is 1. The largest absolute Gasteiger partial charge is 0.480 e. The van der Waals surface area contributed by atoms with Crippen molar-refractivity contribution in [2.75, 3.05) is 13.1 Å². The lowest BCUT2D eigenvalue weighted by molar-refractivity contribution is -0.146. The molecule has 3 unspecified atom stereocenters. The van der Waals surface area contributed by atoms with E-state index in [1.165, 1.54) is 4.90 Å². The first kappa shape index (κ1) is 17.3. The second kappa shape index (κ2) is 7.30. The molecule has 1 saturated carbocycles. The van der Waals surface area contributed by atoms with Gasteiger partial charge in [-0.1, -0.05) is 19.8 Å². The third-order valence-electron chi connectivity index (χ3n) is 4.14. The van der Waals surface area contributed by atoms with Crippen LogP contribution in [0.3, 0.4) is 0 Å². The Morgan fingerprint density at radius 1 is 1.57 bits per heavy atom. The number of rotatable bonds is 5. The molecule has 6 heteroatoms. The maximum atomic E-state index is 12.4. The van der Waals surface area contributed by atoms with Gasteiger partial charge in [0.25, 0.3) is 0 Å². The van der Waals surface area contributed by atoms with Crippen LogP contribution in [0.2, 0.25) is 0 Å². The van der Waals surface area contributed by atoms with Crippen LogP contribution in [0, 0.1) is 23.2 Å². The third-order valence-corrected chi connectivity index (χ3v) is 4.14. The van der Waals surface area contributed by atoms with Crippen LogP contribution in [-0.2, 0) is 4.79 Å². The Kier molecular flexibility index (Phi) is 6.01. The van der Waals surface area contributed by atoms with Gasteiger partial charge in [-0.2, -0.15) is 5.26 Å². The molecule has 1 rings (SSSR count). The number of urea groups is 1. The minimum absolute atomic E-state index is 0.276. The molecule has 1 aliphatic carbocycles. The Morgan fingerprint density at radius 2 is 2.24 bits per heavy atom. The first-order valence-electron chi connectivity index (χ1n) is 7.54. The molecule has 1 fully saturated rings. The van der Waals surface area contributed by atoms with E-state index in [2.05, 4.69) is 11.4 Å². The van der Waals surface area contributed by atoms with Gasteiger partial charge in [0.1, 0.15) is 5.54 Å². The summed E-state index contributed by atoms with van der Waals surface area (Å²) in [7, 11) is 0. The SMILES string of the molecule is CCN(CC(C)C#N)C(=O)NC1(C(=O)O)CCCC(C)C1. The predicted molar refractivity (Wildman–Crippen MR) is 78.6 cm³/mol. The number of amides is 2. The van der Waals surface area contributed by atoms with Crippen LogP contribution in [0.5, 0.6) is 0 Å². The van der Waals surface area contributed by atoms with Crippen molar-refractivity contribution < 1.29 is 14.7 Å². The summed E-state index contributed by atoms with van der Waals surface area (Å²) in [5.74, 6) is -0.961. The summed E-state index contributed by atoms with van der Waals surface area (Å²) < 4.78 is 0. The van der Waals surface area contributed by atoms with Crippen molar-refractivity contribution in [3.63, 3.8) is 0 Å². The third kappa shape index (κ3) is 4.35. The van der Waals surface area contributed by atoms with E-state index in [1.807, 2.05) is 13.8 Å². The van der Waals surface area contributed by atoms with Crippen LogP contribution >= 0.6 is 0 Å². The Labute approximate surface area is 126 Å². The van der Waals surface area contributed by atoms with Crippen molar-refractivity contribution in [1.29, 1.82) is 5.26 Å². The van der Waals surface area contributed by atoms with Crippen molar-refractivity contribution in [3.8, 4) is 6.07 Å². The van der Waals surface area contributed by atoms with Crippen LogP contribution in [0.25, 0.3) is 0 Å². The molecule has 0 spiro atoms. The van der Waals surface area contributed by atoms with Gasteiger partial charge in [-0.25, -0.2) is 9.59 Å². The lowest BCUT2D eigenvalue weighted by Crippen LogP contribution is -2.60. The van der Waals surface area contributed by atoms with E-state index in [-0.39, 0.29) is 11.8 Å². The molecule has 2 amide bonds. The molecule has 6 nitrogen and oxygen atoms in total. The first-order valence-corrected chi connectivity index (χ1v) is 7.54. The molecule has 0 aromatic rings. The van der Waals surface area contributed by atoms with Crippen molar-refractivity contribution in [1.82, 2.24) is 10.2 Å². The van der Waals surface area contributed by atoms with Crippen molar-refractivity contribution >= 4 is 12.0 Å². The number of nitriles is 1. The number of nitrogens with one attached hydrogen (secondary N) is 1. The quantitative estimate of drug-likeness (QED) is 0.813.